The first kappa shape index (κ1) is 21.4. The van der Waals surface area contributed by atoms with Gasteiger partial charge in [-0.2, -0.15) is 0 Å². The van der Waals surface area contributed by atoms with Crippen molar-refractivity contribution in [1.29, 1.82) is 0 Å². The number of benzene rings is 2. The third-order valence-corrected chi connectivity index (χ3v) is 3.69. The summed E-state index contributed by atoms with van der Waals surface area (Å²) in [5.41, 5.74) is 2.76. The van der Waals surface area contributed by atoms with E-state index < -0.39 is 0 Å². The van der Waals surface area contributed by atoms with Crippen LogP contribution in [-0.4, -0.2) is 29.6 Å². The summed E-state index contributed by atoms with van der Waals surface area (Å²) in [5, 5.41) is 12.7. The van der Waals surface area contributed by atoms with Gasteiger partial charge < -0.3 is 15.3 Å². The van der Waals surface area contributed by atoms with E-state index in [2.05, 4.69) is 10.3 Å². The number of halogens is 2. The minimum Gasteiger partial charge on any atom is -0.392 e. The largest absolute Gasteiger partial charge is 0.392 e. The number of aliphatic hydroxyl groups excluding tert-OH is 1. The van der Waals surface area contributed by atoms with Crippen molar-refractivity contribution in [2.75, 3.05) is 13.6 Å². The zero-order chi connectivity index (χ0) is 17.4. The van der Waals surface area contributed by atoms with Gasteiger partial charge in [-0.05, 0) is 35.7 Å². The van der Waals surface area contributed by atoms with Crippen LogP contribution < -0.4 is 5.32 Å². The van der Waals surface area contributed by atoms with Crippen LogP contribution in [0.1, 0.15) is 23.6 Å². The van der Waals surface area contributed by atoms with Crippen LogP contribution in [0.15, 0.2) is 53.5 Å². The molecule has 0 unspecified atom stereocenters. The zero-order valence-corrected chi connectivity index (χ0v) is 16.9. The quantitative estimate of drug-likeness (QED) is 0.397. The molecule has 0 aliphatic heterocycles. The van der Waals surface area contributed by atoms with Crippen LogP contribution in [0, 0.1) is 5.82 Å². The van der Waals surface area contributed by atoms with Crippen LogP contribution >= 0.6 is 24.0 Å². The minimum absolute atomic E-state index is 0. The predicted octanol–water partition coefficient (Wildman–Crippen LogP) is 3.53. The third-order valence-electron chi connectivity index (χ3n) is 3.69. The number of hydrogen-bond donors (Lipinski definition) is 2. The van der Waals surface area contributed by atoms with Crippen molar-refractivity contribution in [2.24, 2.45) is 4.99 Å². The second-order valence-corrected chi connectivity index (χ2v) is 5.58. The smallest absolute Gasteiger partial charge is 0.194 e. The van der Waals surface area contributed by atoms with Gasteiger partial charge in [0.2, 0.25) is 0 Å². The topological polar surface area (TPSA) is 47.9 Å². The Hall–Kier alpha value is -1.67. The van der Waals surface area contributed by atoms with E-state index in [4.69, 9.17) is 0 Å². The summed E-state index contributed by atoms with van der Waals surface area (Å²) in [4.78, 5) is 6.60. The molecule has 0 amide bonds. The summed E-state index contributed by atoms with van der Waals surface area (Å²) in [5.74, 6) is 0.509. The molecule has 0 aliphatic rings. The summed E-state index contributed by atoms with van der Waals surface area (Å²) in [6.45, 7) is 3.79. The predicted molar refractivity (Wildman–Crippen MR) is 110 cm³/mol. The summed E-state index contributed by atoms with van der Waals surface area (Å²) in [7, 11) is 1.92. The van der Waals surface area contributed by atoms with Crippen LogP contribution in [0.2, 0.25) is 0 Å². The van der Waals surface area contributed by atoms with Gasteiger partial charge in [-0.25, -0.2) is 9.38 Å². The van der Waals surface area contributed by atoms with Crippen LogP contribution in [0.5, 0.6) is 0 Å². The SMILES string of the molecule is CCNC(=NCc1ccccc1CO)N(C)Cc1cccc(F)c1.I. The Balaban J connectivity index is 0.00000312. The molecule has 2 rings (SSSR count). The minimum atomic E-state index is -0.236. The van der Waals surface area contributed by atoms with E-state index in [1.165, 1.54) is 12.1 Å². The molecule has 0 bridgehead atoms. The van der Waals surface area contributed by atoms with Crippen LogP contribution in [0.4, 0.5) is 4.39 Å². The van der Waals surface area contributed by atoms with E-state index in [-0.39, 0.29) is 36.4 Å². The molecule has 4 nitrogen and oxygen atoms in total. The average Bonchev–Trinajstić information content (AvgIpc) is 2.58. The molecule has 0 aromatic heterocycles. The maximum Gasteiger partial charge on any atom is 0.194 e. The highest BCUT2D eigenvalue weighted by Crippen LogP contribution is 2.11. The fraction of sp³-hybridized carbons (Fsp3) is 0.316. The summed E-state index contributed by atoms with van der Waals surface area (Å²) < 4.78 is 13.3. The van der Waals surface area contributed by atoms with E-state index in [0.29, 0.717) is 13.1 Å². The number of nitrogens with one attached hydrogen (secondary N) is 1. The number of aliphatic hydroxyl groups is 1. The van der Waals surface area contributed by atoms with E-state index >= 15 is 0 Å². The standard InChI is InChI=1S/C19H24FN3O.HI/c1-3-21-19(22-12-16-8-4-5-9-17(16)14-24)23(2)13-15-7-6-10-18(20)11-15;/h4-11,24H,3,12-14H2,1-2H3,(H,21,22);1H. The van der Waals surface area contributed by atoms with Crippen molar-refractivity contribution in [2.45, 2.75) is 26.6 Å². The highest BCUT2D eigenvalue weighted by molar-refractivity contribution is 14.0. The normalized spacial score (nSPS) is 11.0. The number of hydrogen-bond acceptors (Lipinski definition) is 2. The van der Waals surface area contributed by atoms with Crippen molar-refractivity contribution < 1.29 is 9.50 Å². The Bertz CT molecular complexity index is 694. The molecule has 0 saturated heterocycles. The second kappa shape index (κ2) is 11.0. The number of rotatable bonds is 6. The average molecular weight is 457 g/mol. The molecule has 0 heterocycles. The van der Waals surface area contributed by atoms with Crippen LogP contribution in [0.25, 0.3) is 0 Å². The van der Waals surface area contributed by atoms with Gasteiger partial charge in [0, 0.05) is 20.1 Å². The maximum atomic E-state index is 13.3. The maximum absolute atomic E-state index is 13.3. The van der Waals surface area contributed by atoms with Gasteiger partial charge in [0.15, 0.2) is 5.96 Å². The first-order valence-corrected chi connectivity index (χ1v) is 8.05. The molecule has 25 heavy (non-hydrogen) atoms. The number of nitrogens with zero attached hydrogens (tertiary/aromatic N) is 2. The highest BCUT2D eigenvalue weighted by Gasteiger charge is 2.08. The molecular weight excluding hydrogens is 432 g/mol. The van der Waals surface area contributed by atoms with Gasteiger partial charge in [0.05, 0.1) is 13.2 Å². The Kier molecular flexibility index (Phi) is 9.44. The van der Waals surface area contributed by atoms with E-state index in [1.807, 2.05) is 49.2 Å². The molecule has 0 atom stereocenters. The Morgan fingerprint density at radius 3 is 2.52 bits per heavy atom. The van der Waals surface area contributed by atoms with E-state index in [1.54, 1.807) is 6.07 Å². The van der Waals surface area contributed by atoms with Crippen molar-refractivity contribution >= 4 is 29.9 Å². The Labute approximate surface area is 165 Å². The molecule has 0 aliphatic carbocycles. The molecule has 0 radical (unpaired) electrons. The fourth-order valence-electron chi connectivity index (χ4n) is 2.48. The van der Waals surface area contributed by atoms with Crippen molar-refractivity contribution in [3.63, 3.8) is 0 Å². The molecule has 0 saturated carbocycles. The first-order chi connectivity index (χ1) is 11.6. The molecule has 6 heteroatoms. The molecule has 0 spiro atoms. The molecule has 2 aromatic rings. The molecule has 2 N–H and O–H groups in total. The first-order valence-electron chi connectivity index (χ1n) is 8.05. The number of guanidine groups is 1. The highest BCUT2D eigenvalue weighted by atomic mass is 127. The van der Waals surface area contributed by atoms with Gasteiger partial charge in [0.25, 0.3) is 0 Å². The number of aliphatic imine (C=N–C) groups is 1. The van der Waals surface area contributed by atoms with E-state index in [0.717, 1.165) is 29.2 Å². The summed E-state index contributed by atoms with van der Waals surface area (Å²) in [6.07, 6.45) is 0. The van der Waals surface area contributed by atoms with Crippen LogP contribution in [-0.2, 0) is 19.7 Å². The molecule has 2 aromatic carbocycles. The second-order valence-electron chi connectivity index (χ2n) is 5.58. The van der Waals surface area contributed by atoms with Crippen molar-refractivity contribution in [3.8, 4) is 0 Å². The van der Waals surface area contributed by atoms with Crippen molar-refractivity contribution in [1.82, 2.24) is 10.2 Å². The molecular formula is C19H25FIN3O. The van der Waals surface area contributed by atoms with Crippen molar-refractivity contribution in [3.05, 3.63) is 71.0 Å². The monoisotopic (exact) mass is 457 g/mol. The lowest BCUT2D eigenvalue weighted by atomic mass is 10.1. The van der Waals surface area contributed by atoms with Gasteiger partial charge >= 0.3 is 0 Å². The lowest BCUT2D eigenvalue weighted by Gasteiger charge is -2.22. The van der Waals surface area contributed by atoms with E-state index in [9.17, 15) is 9.50 Å². The van der Waals surface area contributed by atoms with Gasteiger partial charge in [0.1, 0.15) is 5.82 Å². The van der Waals surface area contributed by atoms with Gasteiger partial charge in [-0.15, -0.1) is 24.0 Å². The summed E-state index contributed by atoms with van der Waals surface area (Å²) in [6, 6.07) is 14.3. The lowest BCUT2D eigenvalue weighted by Crippen LogP contribution is -2.38. The lowest BCUT2D eigenvalue weighted by molar-refractivity contribution is 0.280. The van der Waals surface area contributed by atoms with Crippen LogP contribution in [0.3, 0.4) is 0 Å². The molecule has 136 valence electrons. The Morgan fingerprint density at radius 2 is 1.88 bits per heavy atom. The molecule has 0 fully saturated rings. The Morgan fingerprint density at radius 1 is 1.16 bits per heavy atom. The van der Waals surface area contributed by atoms with Gasteiger partial charge in [-0.3, -0.25) is 0 Å². The van der Waals surface area contributed by atoms with Gasteiger partial charge in [-0.1, -0.05) is 36.4 Å². The third kappa shape index (κ3) is 6.62. The zero-order valence-electron chi connectivity index (χ0n) is 14.6. The summed E-state index contributed by atoms with van der Waals surface area (Å²) >= 11 is 0. The fourth-order valence-corrected chi connectivity index (χ4v) is 2.48.